The van der Waals surface area contributed by atoms with Crippen LogP contribution in [0.15, 0.2) is 61.2 Å². The van der Waals surface area contributed by atoms with Crippen LogP contribution < -0.4 is 21.7 Å². The third-order valence-corrected chi connectivity index (χ3v) is 6.35. The van der Waals surface area contributed by atoms with Crippen LogP contribution in [0.25, 0.3) is 17.0 Å². The molecule has 5 N–H and O–H groups in total. The molecule has 0 radical (unpaired) electrons. The Morgan fingerprint density at radius 2 is 1.91 bits per heavy atom. The van der Waals surface area contributed by atoms with E-state index in [1.165, 1.54) is 22.3 Å². The van der Waals surface area contributed by atoms with Crippen LogP contribution in [0.2, 0.25) is 0 Å². The first-order valence-corrected chi connectivity index (χ1v) is 11.7. The van der Waals surface area contributed by atoms with Gasteiger partial charge in [0.05, 0.1) is 5.52 Å². The van der Waals surface area contributed by atoms with Crippen molar-refractivity contribution in [3.05, 3.63) is 94.6 Å². The van der Waals surface area contributed by atoms with Gasteiger partial charge in [0.15, 0.2) is 0 Å². The minimum absolute atomic E-state index is 0.0700. The number of nitrogens with two attached hydrogens (primary N) is 2. The number of aryl methyl sites for hydroxylation is 1. The Kier molecular flexibility index (Phi) is 7.27. The Morgan fingerprint density at radius 1 is 1.09 bits per heavy atom. The number of benzene rings is 2. The van der Waals surface area contributed by atoms with Crippen molar-refractivity contribution in [1.29, 1.82) is 0 Å². The van der Waals surface area contributed by atoms with E-state index in [0.717, 1.165) is 40.2 Å². The average molecular weight is 468 g/mol. The van der Waals surface area contributed by atoms with Gasteiger partial charge < -0.3 is 21.7 Å². The largest absolute Gasteiger partial charge is 0.405 e. The molecule has 2 heterocycles. The number of hydrogen-bond acceptors (Lipinski definition) is 7. The van der Waals surface area contributed by atoms with E-state index in [0.29, 0.717) is 6.54 Å². The van der Waals surface area contributed by atoms with Gasteiger partial charge in [0.2, 0.25) is 0 Å². The van der Waals surface area contributed by atoms with E-state index < -0.39 is 0 Å². The molecular weight excluding hydrogens is 434 g/mol. The predicted molar refractivity (Wildman–Crippen MR) is 145 cm³/mol. The highest BCUT2D eigenvalue weighted by Crippen LogP contribution is 2.28. The number of anilines is 2. The third kappa shape index (κ3) is 5.41. The average Bonchev–Trinajstić information content (AvgIpc) is 2.85. The second kappa shape index (κ2) is 10.5. The summed E-state index contributed by atoms with van der Waals surface area (Å²) < 4.78 is 0. The van der Waals surface area contributed by atoms with Gasteiger partial charge in [0, 0.05) is 43.8 Å². The number of fused-ring (bicyclic) bond motifs is 1. The minimum Gasteiger partial charge on any atom is -0.405 e. The van der Waals surface area contributed by atoms with Gasteiger partial charge in [0.25, 0.3) is 0 Å². The first-order valence-electron chi connectivity index (χ1n) is 11.7. The summed E-state index contributed by atoms with van der Waals surface area (Å²) in [6.45, 7) is 7.59. The van der Waals surface area contributed by atoms with E-state index in [1.807, 2.05) is 38.4 Å². The zero-order valence-corrected chi connectivity index (χ0v) is 20.8. The second-order valence-electron chi connectivity index (χ2n) is 8.95. The fourth-order valence-electron chi connectivity index (χ4n) is 4.45. The molecule has 1 atom stereocenters. The lowest BCUT2D eigenvalue weighted by Gasteiger charge is -2.21. The highest BCUT2D eigenvalue weighted by atomic mass is 15.2. The molecule has 2 aromatic heterocycles. The normalized spacial score (nSPS) is 12.3. The molecule has 4 rings (SSSR count). The van der Waals surface area contributed by atoms with E-state index in [4.69, 9.17) is 11.5 Å². The maximum atomic E-state index is 6.21. The van der Waals surface area contributed by atoms with Crippen molar-refractivity contribution in [2.45, 2.75) is 39.9 Å². The SMILES string of the molecule is Cc1cc(C(C)N)c(/C=C\N)c(C)c1CNc1cc(N(C)Cc2ccc3ncccc3c2)ncn1. The van der Waals surface area contributed by atoms with Crippen molar-refractivity contribution in [1.82, 2.24) is 15.0 Å². The fourth-order valence-corrected chi connectivity index (χ4v) is 4.45. The van der Waals surface area contributed by atoms with E-state index in [9.17, 15) is 0 Å². The molecule has 0 saturated carbocycles. The van der Waals surface area contributed by atoms with Gasteiger partial charge in [-0.1, -0.05) is 18.2 Å². The van der Waals surface area contributed by atoms with Crippen molar-refractivity contribution in [3.63, 3.8) is 0 Å². The van der Waals surface area contributed by atoms with Gasteiger partial charge in [-0.15, -0.1) is 0 Å². The van der Waals surface area contributed by atoms with E-state index in [-0.39, 0.29) is 6.04 Å². The Bertz CT molecular complexity index is 1360. The lowest BCUT2D eigenvalue weighted by molar-refractivity contribution is 0.810. The van der Waals surface area contributed by atoms with Crippen molar-refractivity contribution in [2.24, 2.45) is 11.5 Å². The van der Waals surface area contributed by atoms with Gasteiger partial charge in [-0.2, -0.15) is 0 Å². The van der Waals surface area contributed by atoms with Crippen LogP contribution in [0.4, 0.5) is 11.6 Å². The first-order chi connectivity index (χ1) is 16.9. The molecule has 0 amide bonds. The number of aromatic nitrogens is 3. The van der Waals surface area contributed by atoms with Crippen LogP contribution >= 0.6 is 0 Å². The molecule has 0 aliphatic rings. The lowest BCUT2D eigenvalue weighted by atomic mass is 9.90. The van der Waals surface area contributed by atoms with Crippen LogP contribution in [0.5, 0.6) is 0 Å². The summed E-state index contributed by atoms with van der Waals surface area (Å²) >= 11 is 0. The maximum absolute atomic E-state index is 6.21. The smallest absolute Gasteiger partial charge is 0.134 e. The monoisotopic (exact) mass is 467 g/mol. The molecule has 2 aromatic carbocycles. The quantitative estimate of drug-likeness (QED) is 0.340. The highest BCUT2D eigenvalue weighted by Gasteiger charge is 2.14. The van der Waals surface area contributed by atoms with Crippen LogP contribution in [0.1, 0.15) is 46.3 Å². The van der Waals surface area contributed by atoms with Crippen LogP contribution in [-0.4, -0.2) is 22.0 Å². The molecule has 0 spiro atoms. The first kappa shape index (κ1) is 24.2. The Labute approximate surface area is 206 Å². The van der Waals surface area contributed by atoms with Crippen molar-refractivity contribution < 1.29 is 0 Å². The van der Waals surface area contributed by atoms with Crippen molar-refractivity contribution in [2.75, 3.05) is 17.3 Å². The molecule has 0 aliphatic carbocycles. The van der Waals surface area contributed by atoms with Crippen molar-refractivity contribution in [3.8, 4) is 0 Å². The Balaban J connectivity index is 1.51. The molecule has 7 heteroatoms. The summed E-state index contributed by atoms with van der Waals surface area (Å²) in [5.41, 5.74) is 19.9. The van der Waals surface area contributed by atoms with E-state index in [1.54, 1.807) is 12.5 Å². The second-order valence-corrected chi connectivity index (χ2v) is 8.95. The number of pyridine rings is 1. The van der Waals surface area contributed by atoms with E-state index in [2.05, 4.69) is 69.3 Å². The molecular formula is C28H33N7. The van der Waals surface area contributed by atoms with Crippen molar-refractivity contribution >= 4 is 28.6 Å². The zero-order valence-electron chi connectivity index (χ0n) is 20.8. The third-order valence-electron chi connectivity index (χ3n) is 6.35. The molecule has 180 valence electrons. The van der Waals surface area contributed by atoms with Gasteiger partial charge in [-0.05, 0) is 84.6 Å². The lowest BCUT2D eigenvalue weighted by Crippen LogP contribution is -2.18. The standard InChI is InChI=1S/C28H33N7/c1-18-12-24(20(3)30)23(9-10-29)19(2)25(18)15-32-27-14-28(34-17-33-27)35(4)16-21-7-8-26-22(13-21)6-5-11-31-26/h5-14,17,20H,15-16,29-30H2,1-4H3,(H,32,33,34)/b10-9-. The molecule has 35 heavy (non-hydrogen) atoms. The summed E-state index contributed by atoms with van der Waals surface area (Å²) in [5.74, 6) is 1.62. The molecule has 0 aliphatic heterocycles. The molecule has 0 saturated heterocycles. The number of hydrogen-bond donors (Lipinski definition) is 3. The number of nitrogens with one attached hydrogen (secondary N) is 1. The Hall–Kier alpha value is -3.97. The number of rotatable bonds is 8. The Morgan fingerprint density at radius 3 is 2.69 bits per heavy atom. The van der Waals surface area contributed by atoms with Crippen LogP contribution in [0.3, 0.4) is 0 Å². The zero-order chi connectivity index (χ0) is 24.9. The van der Waals surface area contributed by atoms with Gasteiger partial charge in [-0.3, -0.25) is 4.98 Å². The van der Waals surface area contributed by atoms with Crippen LogP contribution in [-0.2, 0) is 13.1 Å². The molecule has 1 unspecified atom stereocenters. The summed E-state index contributed by atoms with van der Waals surface area (Å²) in [4.78, 5) is 15.4. The minimum atomic E-state index is -0.0700. The summed E-state index contributed by atoms with van der Waals surface area (Å²) in [7, 11) is 2.03. The molecule has 7 nitrogen and oxygen atoms in total. The van der Waals surface area contributed by atoms with Gasteiger partial charge in [0.1, 0.15) is 18.0 Å². The molecule has 0 fully saturated rings. The summed E-state index contributed by atoms with van der Waals surface area (Å²) in [5, 5.41) is 4.60. The number of nitrogens with zero attached hydrogens (tertiary/aromatic N) is 4. The summed E-state index contributed by atoms with van der Waals surface area (Å²) in [6.07, 6.45) is 6.91. The maximum Gasteiger partial charge on any atom is 0.134 e. The van der Waals surface area contributed by atoms with Gasteiger partial charge >= 0.3 is 0 Å². The van der Waals surface area contributed by atoms with Gasteiger partial charge in [-0.25, -0.2) is 9.97 Å². The highest BCUT2D eigenvalue weighted by molar-refractivity contribution is 5.79. The summed E-state index contributed by atoms with van der Waals surface area (Å²) in [6, 6.07) is 14.4. The predicted octanol–water partition coefficient (Wildman–Crippen LogP) is 4.84. The molecule has 4 aromatic rings. The van der Waals surface area contributed by atoms with Crippen LogP contribution in [0, 0.1) is 13.8 Å². The molecule has 0 bridgehead atoms. The topological polar surface area (TPSA) is 106 Å². The fraction of sp³-hybridized carbons (Fsp3) is 0.250. The van der Waals surface area contributed by atoms with E-state index >= 15 is 0 Å².